The Labute approximate surface area is 116 Å². The third kappa shape index (κ3) is 5.57. The molecule has 0 aliphatic heterocycles. The van der Waals surface area contributed by atoms with Crippen LogP contribution in [0.25, 0.3) is 0 Å². The molecule has 4 nitrogen and oxygen atoms in total. The molecule has 0 atom stereocenters. The molecular formula is C15H26N2O2. The molecule has 0 saturated carbocycles. The van der Waals surface area contributed by atoms with Crippen molar-refractivity contribution >= 4 is 0 Å². The minimum absolute atomic E-state index is 0.541. The molecule has 0 saturated heterocycles. The van der Waals surface area contributed by atoms with Gasteiger partial charge in [-0.25, -0.2) is 4.98 Å². The van der Waals surface area contributed by atoms with Crippen molar-refractivity contribution in [2.75, 3.05) is 26.9 Å². The van der Waals surface area contributed by atoms with Gasteiger partial charge in [-0.05, 0) is 38.4 Å². The predicted molar refractivity (Wildman–Crippen MR) is 77.6 cm³/mol. The molecule has 0 fully saturated rings. The van der Waals surface area contributed by atoms with Crippen molar-refractivity contribution in [1.82, 2.24) is 10.3 Å². The predicted octanol–water partition coefficient (Wildman–Crippen LogP) is 2.47. The van der Waals surface area contributed by atoms with Gasteiger partial charge in [-0.3, -0.25) is 0 Å². The van der Waals surface area contributed by atoms with Gasteiger partial charge in [0.2, 0.25) is 5.88 Å². The molecule has 0 aromatic carbocycles. The van der Waals surface area contributed by atoms with Crippen molar-refractivity contribution in [3.05, 3.63) is 22.9 Å². The second kappa shape index (κ2) is 8.12. The first-order chi connectivity index (χ1) is 9.04. The van der Waals surface area contributed by atoms with Crippen LogP contribution in [-0.2, 0) is 11.3 Å². The quantitative estimate of drug-likeness (QED) is 0.734. The molecule has 0 aliphatic carbocycles. The Morgan fingerprint density at radius 2 is 2.00 bits per heavy atom. The molecule has 0 bridgehead atoms. The number of nitrogens with zero attached hydrogens (tertiary/aromatic N) is 1. The third-order valence-electron chi connectivity index (χ3n) is 2.71. The molecule has 1 aromatic heterocycles. The number of aromatic nitrogens is 1. The first-order valence-corrected chi connectivity index (χ1v) is 6.86. The summed E-state index contributed by atoms with van der Waals surface area (Å²) in [6.45, 7) is 11.0. The maximum atomic E-state index is 5.76. The third-order valence-corrected chi connectivity index (χ3v) is 2.71. The van der Waals surface area contributed by atoms with Crippen LogP contribution in [0.4, 0.5) is 0 Å². The highest BCUT2D eigenvalue weighted by Gasteiger charge is 2.09. The van der Waals surface area contributed by atoms with Crippen molar-refractivity contribution < 1.29 is 9.47 Å². The zero-order valence-electron chi connectivity index (χ0n) is 12.7. The fraction of sp³-hybridized carbons (Fsp3) is 0.667. The normalized spacial score (nSPS) is 11.1. The first-order valence-electron chi connectivity index (χ1n) is 6.86. The van der Waals surface area contributed by atoms with Gasteiger partial charge in [-0.1, -0.05) is 13.8 Å². The van der Waals surface area contributed by atoms with Crippen LogP contribution in [0.15, 0.2) is 6.07 Å². The fourth-order valence-electron chi connectivity index (χ4n) is 1.86. The number of rotatable bonds is 8. The molecule has 0 aliphatic rings. The Kier molecular flexibility index (Phi) is 6.81. The van der Waals surface area contributed by atoms with Gasteiger partial charge in [0.1, 0.15) is 6.61 Å². The molecule has 0 radical (unpaired) electrons. The fourth-order valence-corrected chi connectivity index (χ4v) is 1.86. The van der Waals surface area contributed by atoms with Gasteiger partial charge in [0.05, 0.1) is 6.61 Å². The highest BCUT2D eigenvalue weighted by Crippen LogP contribution is 2.20. The first kappa shape index (κ1) is 15.9. The van der Waals surface area contributed by atoms with Crippen LogP contribution < -0.4 is 10.1 Å². The van der Waals surface area contributed by atoms with E-state index in [1.54, 1.807) is 0 Å². The number of nitrogens with one attached hydrogen (secondary N) is 1. The summed E-state index contributed by atoms with van der Waals surface area (Å²) in [6, 6.07) is 2.08. The minimum atomic E-state index is 0.541. The summed E-state index contributed by atoms with van der Waals surface area (Å²) >= 11 is 0. The Hall–Kier alpha value is -1.13. The molecule has 1 heterocycles. The lowest BCUT2D eigenvalue weighted by Crippen LogP contribution is -2.14. The molecule has 0 unspecified atom stereocenters. The van der Waals surface area contributed by atoms with Crippen LogP contribution in [0.3, 0.4) is 0 Å². The maximum Gasteiger partial charge on any atom is 0.218 e. The summed E-state index contributed by atoms with van der Waals surface area (Å²) in [5, 5.41) is 3.15. The lowest BCUT2D eigenvalue weighted by atomic mass is 10.1. The summed E-state index contributed by atoms with van der Waals surface area (Å²) in [4.78, 5) is 4.47. The highest BCUT2D eigenvalue weighted by atomic mass is 16.5. The topological polar surface area (TPSA) is 43.4 Å². The van der Waals surface area contributed by atoms with E-state index in [2.05, 4.69) is 37.1 Å². The molecule has 0 amide bonds. The molecule has 1 N–H and O–H groups in total. The van der Waals surface area contributed by atoms with E-state index in [9.17, 15) is 0 Å². The number of aryl methyl sites for hydroxylation is 2. The summed E-state index contributed by atoms with van der Waals surface area (Å²) < 4.78 is 11.3. The summed E-state index contributed by atoms with van der Waals surface area (Å²) in [6.07, 6.45) is 0. The number of hydrogen-bond acceptors (Lipinski definition) is 4. The largest absolute Gasteiger partial charge is 0.475 e. The standard InChI is InChI=1S/C15H26N2O2/c1-11(2)10-18-6-7-19-15-14(9-16-5)12(3)8-13(4)17-15/h8,11,16H,6-7,9-10H2,1-5H3. The summed E-state index contributed by atoms with van der Waals surface area (Å²) in [5.74, 6) is 1.28. The van der Waals surface area contributed by atoms with Gasteiger partial charge in [0, 0.05) is 24.4 Å². The minimum Gasteiger partial charge on any atom is -0.475 e. The lowest BCUT2D eigenvalue weighted by molar-refractivity contribution is 0.0802. The number of hydrogen-bond donors (Lipinski definition) is 1. The Balaban J connectivity index is 2.56. The van der Waals surface area contributed by atoms with E-state index < -0.39 is 0 Å². The molecule has 0 spiro atoms. The molecule has 108 valence electrons. The zero-order valence-corrected chi connectivity index (χ0v) is 12.7. The molecular weight excluding hydrogens is 240 g/mol. The van der Waals surface area contributed by atoms with E-state index in [1.165, 1.54) is 5.56 Å². The van der Waals surface area contributed by atoms with Gasteiger partial charge in [0.25, 0.3) is 0 Å². The van der Waals surface area contributed by atoms with Crippen molar-refractivity contribution in [3.8, 4) is 5.88 Å². The average Bonchev–Trinajstić information content (AvgIpc) is 2.32. The second-order valence-electron chi connectivity index (χ2n) is 5.21. The van der Waals surface area contributed by atoms with Crippen LogP contribution in [0, 0.1) is 19.8 Å². The zero-order chi connectivity index (χ0) is 14.3. The molecule has 1 rings (SSSR count). The van der Waals surface area contributed by atoms with E-state index in [0.717, 1.165) is 30.3 Å². The molecule has 1 aromatic rings. The lowest BCUT2D eigenvalue weighted by Gasteiger charge is -2.14. The van der Waals surface area contributed by atoms with Crippen LogP contribution in [0.5, 0.6) is 5.88 Å². The van der Waals surface area contributed by atoms with E-state index in [-0.39, 0.29) is 0 Å². The average molecular weight is 266 g/mol. The van der Waals surface area contributed by atoms with Crippen molar-refractivity contribution in [1.29, 1.82) is 0 Å². The van der Waals surface area contributed by atoms with Crippen LogP contribution in [0.1, 0.15) is 30.7 Å². The molecule has 19 heavy (non-hydrogen) atoms. The van der Waals surface area contributed by atoms with E-state index in [0.29, 0.717) is 19.1 Å². The van der Waals surface area contributed by atoms with Gasteiger partial charge in [-0.15, -0.1) is 0 Å². The molecule has 4 heteroatoms. The number of ether oxygens (including phenoxy) is 2. The Bertz CT molecular complexity index is 392. The van der Waals surface area contributed by atoms with Gasteiger partial charge in [-0.2, -0.15) is 0 Å². The van der Waals surface area contributed by atoms with Gasteiger partial charge < -0.3 is 14.8 Å². The van der Waals surface area contributed by atoms with Crippen molar-refractivity contribution in [2.45, 2.75) is 34.2 Å². The smallest absolute Gasteiger partial charge is 0.218 e. The summed E-state index contributed by atoms with van der Waals surface area (Å²) in [7, 11) is 1.93. The van der Waals surface area contributed by atoms with E-state index in [4.69, 9.17) is 9.47 Å². The monoisotopic (exact) mass is 266 g/mol. The van der Waals surface area contributed by atoms with Gasteiger partial charge in [0.15, 0.2) is 0 Å². The summed E-state index contributed by atoms with van der Waals surface area (Å²) in [5.41, 5.74) is 3.31. The maximum absolute atomic E-state index is 5.76. The second-order valence-corrected chi connectivity index (χ2v) is 5.21. The Morgan fingerprint density at radius 3 is 2.63 bits per heavy atom. The number of pyridine rings is 1. The SMILES string of the molecule is CNCc1c(C)cc(C)nc1OCCOCC(C)C. The van der Waals surface area contributed by atoms with Crippen LogP contribution in [-0.4, -0.2) is 31.9 Å². The van der Waals surface area contributed by atoms with E-state index >= 15 is 0 Å². The van der Waals surface area contributed by atoms with E-state index in [1.807, 2.05) is 14.0 Å². The van der Waals surface area contributed by atoms with Crippen molar-refractivity contribution in [3.63, 3.8) is 0 Å². The van der Waals surface area contributed by atoms with Crippen molar-refractivity contribution in [2.24, 2.45) is 5.92 Å². The van der Waals surface area contributed by atoms with Crippen LogP contribution >= 0.6 is 0 Å². The van der Waals surface area contributed by atoms with Gasteiger partial charge >= 0.3 is 0 Å². The Morgan fingerprint density at radius 1 is 1.26 bits per heavy atom. The highest BCUT2D eigenvalue weighted by molar-refractivity contribution is 5.35. The van der Waals surface area contributed by atoms with Crippen LogP contribution in [0.2, 0.25) is 0 Å².